The first-order valence-electron chi connectivity index (χ1n) is 6.25. The van der Waals surface area contributed by atoms with Crippen LogP contribution in [0.25, 0.3) is 0 Å². The molecule has 3 nitrogen and oxygen atoms in total. The van der Waals surface area contributed by atoms with Crippen LogP contribution >= 0.6 is 0 Å². The first-order valence-corrected chi connectivity index (χ1v) is 7.63. The molecule has 4 heteroatoms. The number of benzene rings is 1. The average molecular weight is 267 g/mol. The van der Waals surface area contributed by atoms with E-state index in [-0.39, 0.29) is 5.91 Å². The number of aryl methyl sites for hydroxylation is 1. The first-order chi connectivity index (χ1) is 8.54. The topological polar surface area (TPSA) is 46.2 Å². The van der Waals surface area contributed by atoms with Crippen LogP contribution in [0.3, 0.4) is 0 Å². The predicted octanol–water partition coefficient (Wildman–Crippen LogP) is 2.16. The van der Waals surface area contributed by atoms with Crippen molar-refractivity contribution in [2.45, 2.75) is 38.2 Å². The molecule has 1 aromatic carbocycles. The Kier molecular flexibility index (Phi) is 6.05. The second-order valence-corrected chi connectivity index (χ2v) is 6.20. The molecule has 0 fully saturated rings. The summed E-state index contributed by atoms with van der Waals surface area (Å²) >= 11 is 0. The zero-order chi connectivity index (χ0) is 13.5. The highest BCUT2D eigenvalue weighted by Crippen LogP contribution is 2.09. The maximum atomic E-state index is 12.1. The van der Waals surface area contributed by atoms with Crippen LogP contribution in [0, 0.1) is 6.92 Å². The van der Waals surface area contributed by atoms with Crippen LogP contribution < -0.4 is 5.32 Å². The monoisotopic (exact) mass is 267 g/mol. The Labute approximate surface area is 111 Å². The molecule has 2 atom stereocenters. The van der Waals surface area contributed by atoms with Gasteiger partial charge < -0.3 is 5.32 Å². The van der Waals surface area contributed by atoms with Crippen LogP contribution in [0.4, 0.5) is 0 Å². The van der Waals surface area contributed by atoms with E-state index in [0.717, 1.165) is 17.5 Å². The van der Waals surface area contributed by atoms with Gasteiger partial charge in [-0.25, -0.2) is 0 Å². The van der Waals surface area contributed by atoms with Gasteiger partial charge in [0.25, 0.3) is 0 Å². The fourth-order valence-corrected chi connectivity index (χ4v) is 2.68. The van der Waals surface area contributed by atoms with Crippen molar-refractivity contribution in [1.82, 2.24) is 5.32 Å². The molecule has 0 radical (unpaired) electrons. The van der Waals surface area contributed by atoms with Gasteiger partial charge in [-0.3, -0.25) is 9.00 Å². The SMILES string of the molecule is CCCNC(=O)[C@H](C)[S@](=O)Cc1cccc(C)c1. The number of carbonyl (C=O) groups excluding carboxylic acids is 1. The van der Waals surface area contributed by atoms with Crippen molar-refractivity contribution in [3.05, 3.63) is 35.4 Å². The summed E-state index contributed by atoms with van der Waals surface area (Å²) in [7, 11) is -1.17. The minimum atomic E-state index is -1.17. The molecule has 0 saturated heterocycles. The van der Waals surface area contributed by atoms with Gasteiger partial charge in [0.2, 0.25) is 5.91 Å². The van der Waals surface area contributed by atoms with Crippen LogP contribution in [-0.2, 0) is 21.3 Å². The molecule has 0 aliphatic heterocycles. The molecule has 0 aromatic heterocycles. The van der Waals surface area contributed by atoms with E-state index in [1.807, 2.05) is 38.1 Å². The Balaban J connectivity index is 2.57. The van der Waals surface area contributed by atoms with Crippen LogP contribution in [0.5, 0.6) is 0 Å². The van der Waals surface area contributed by atoms with Gasteiger partial charge in [-0.15, -0.1) is 0 Å². The molecule has 1 aromatic rings. The van der Waals surface area contributed by atoms with Crippen LogP contribution in [0.15, 0.2) is 24.3 Å². The van der Waals surface area contributed by atoms with E-state index in [2.05, 4.69) is 5.32 Å². The normalized spacial score (nSPS) is 13.9. The lowest BCUT2D eigenvalue weighted by Gasteiger charge is -2.12. The first kappa shape index (κ1) is 14.9. The van der Waals surface area contributed by atoms with Crippen molar-refractivity contribution < 1.29 is 9.00 Å². The highest BCUT2D eigenvalue weighted by Gasteiger charge is 2.19. The minimum absolute atomic E-state index is 0.122. The average Bonchev–Trinajstić information content (AvgIpc) is 2.35. The van der Waals surface area contributed by atoms with Gasteiger partial charge in [-0.2, -0.15) is 0 Å². The number of rotatable bonds is 6. The molecular weight excluding hydrogens is 246 g/mol. The van der Waals surface area contributed by atoms with Gasteiger partial charge in [0.1, 0.15) is 5.25 Å². The fourth-order valence-electron chi connectivity index (χ4n) is 1.60. The Hall–Kier alpha value is -1.16. The van der Waals surface area contributed by atoms with Crippen LogP contribution in [0.2, 0.25) is 0 Å². The van der Waals surface area contributed by atoms with Crippen molar-refractivity contribution in [3.8, 4) is 0 Å². The highest BCUT2D eigenvalue weighted by molar-refractivity contribution is 7.85. The fraction of sp³-hybridized carbons (Fsp3) is 0.500. The Morgan fingerprint density at radius 2 is 2.17 bits per heavy atom. The molecule has 100 valence electrons. The van der Waals surface area contributed by atoms with Crippen molar-refractivity contribution in [3.63, 3.8) is 0 Å². The highest BCUT2D eigenvalue weighted by atomic mass is 32.2. The van der Waals surface area contributed by atoms with Gasteiger partial charge >= 0.3 is 0 Å². The summed E-state index contributed by atoms with van der Waals surface area (Å²) in [6.45, 7) is 6.36. The third kappa shape index (κ3) is 4.61. The summed E-state index contributed by atoms with van der Waals surface area (Å²) in [6, 6.07) is 7.91. The number of hydrogen-bond donors (Lipinski definition) is 1. The number of carbonyl (C=O) groups is 1. The van der Waals surface area contributed by atoms with Crippen molar-refractivity contribution >= 4 is 16.7 Å². The van der Waals surface area contributed by atoms with E-state index in [1.165, 1.54) is 0 Å². The lowest BCUT2D eigenvalue weighted by molar-refractivity contribution is -0.120. The van der Waals surface area contributed by atoms with E-state index in [4.69, 9.17) is 0 Å². The Bertz CT molecular complexity index is 432. The Morgan fingerprint density at radius 1 is 1.44 bits per heavy atom. The lowest BCUT2D eigenvalue weighted by Crippen LogP contribution is -2.36. The van der Waals surface area contributed by atoms with Crippen molar-refractivity contribution in [2.24, 2.45) is 0 Å². The third-order valence-corrected chi connectivity index (χ3v) is 4.32. The maximum Gasteiger partial charge on any atom is 0.235 e. The van der Waals surface area contributed by atoms with E-state index >= 15 is 0 Å². The molecule has 0 aliphatic carbocycles. The third-order valence-electron chi connectivity index (χ3n) is 2.70. The van der Waals surface area contributed by atoms with E-state index in [1.54, 1.807) is 6.92 Å². The molecule has 0 bridgehead atoms. The van der Waals surface area contributed by atoms with Crippen LogP contribution in [0.1, 0.15) is 31.4 Å². The van der Waals surface area contributed by atoms with E-state index < -0.39 is 16.0 Å². The molecule has 0 unspecified atom stereocenters. The number of hydrogen-bond acceptors (Lipinski definition) is 2. The van der Waals surface area contributed by atoms with E-state index in [9.17, 15) is 9.00 Å². The number of amides is 1. The molecule has 0 heterocycles. The van der Waals surface area contributed by atoms with Gasteiger partial charge in [-0.1, -0.05) is 36.8 Å². The largest absolute Gasteiger partial charge is 0.355 e. The Morgan fingerprint density at radius 3 is 2.78 bits per heavy atom. The molecule has 0 saturated carbocycles. The van der Waals surface area contributed by atoms with E-state index in [0.29, 0.717) is 12.3 Å². The van der Waals surface area contributed by atoms with Crippen molar-refractivity contribution in [1.29, 1.82) is 0 Å². The molecule has 1 N–H and O–H groups in total. The van der Waals surface area contributed by atoms with Gasteiger partial charge in [-0.05, 0) is 25.8 Å². The summed E-state index contributed by atoms with van der Waals surface area (Å²) in [4.78, 5) is 11.7. The number of nitrogens with one attached hydrogen (secondary N) is 1. The summed E-state index contributed by atoms with van der Waals surface area (Å²) in [5.74, 6) is 0.311. The van der Waals surface area contributed by atoms with Gasteiger partial charge in [0.15, 0.2) is 0 Å². The van der Waals surface area contributed by atoms with Crippen LogP contribution in [-0.4, -0.2) is 21.9 Å². The smallest absolute Gasteiger partial charge is 0.235 e. The van der Waals surface area contributed by atoms with Gasteiger partial charge in [0.05, 0.1) is 0 Å². The standard InChI is InChI=1S/C14H21NO2S/c1-4-8-15-14(16)12(3)18(17)10-13-7-5-6-11(2)9-13/h5-7,9,12H,4,8,10H2,1-3H3,(H,15,16)/t12-,18+/m0/s1. The molecule has 0 spiro atoms. The second-order valence-electron chi connectivity index (χ2n) is 4.45. The zero-order valence-corrected chi connectivity index (χ0v) is 12.0. The summed E-state index contributed by atoms with van der Waals surface area (Å²) in [5, 5.41) is 2.32. The molecule has 0 aliphatic rings. The minimum Gasteiger partial charge on any atom is -0.355 e. The summed E-state index contributed by atoms with van der Waals surface area (Å²) in [6.07, 6.45) is 0.892. The summed E-state index contributed by atoms with van der Waals surface area (Å²) in [5.41, 5.74) is 2.16. The van der Waals surface area contributed by atoms with Gasteiger partial charge in [0, 0.05) is 23.1 Å². The molecular formula is C14H21NO2S. The lowest BCUT2D eigenvalue weighted by atomic mass is 10.2. The molecule has 1 amide bonds. The molecule has 18 heavy (non-hydrogen) atoms. The molecule has 1 rings (SSSR count). The quantitative estimate of drug-likeness (QED) is 0.858. The maximum absolute atomic E-state index is 12.1. The predicted molar refractivity (Wildman–Crippen MR) is 75.8 cm³/mol. The van der Waals surface area contributed by atoms with Crippen molar-refractivity contribution in [2.75, 3.05) is 6.54 Å². The summed E-state index contributed by atoms with van der Waals surface area (Å²) < 4.78 is 12.1. The zero-order valence-electron chi connectivity index (χ0n) is 11.2. The second kappa shape index (κ2) is 7.31.